The van der Waals surface area contributed by atoms with Crippen LogP contribution in [0.3, 0.4) is 0 Å². The van der Waals surface area contributed by atoms with Crippen LogP contribution in [-0.4, -0.2) is 48.5 Å². The molecule has 1 heterocycles. The number of halogens is 1. The number of aliphatic hydroxyl groups excluding tert-OH is 1. The van der Waals surface area contributed by atoms with Crippen LogP contribution in [0.25, 0.3) is 0 Å². The van der Waals surface area contributed by atoms with E-state index >= 15 is 0 Å². The van der Waals surface area contributed by atoms with Gasteiger partial charge in [0.15, 0.2) is 0 Å². The molecule has 6 nitrogen and oxygen atoms in total. The molecule has 0 radical (unpaired) electrons. The standard InChI is InChI=1S/C9H15BrN4O2/c1-14(3-6(15)4-16-2)9-7(10)8(11)12-5-13-9/h5-6,15H,3-4H2,1-2H3,(H2,11,12,13). The molecule has 1 aromatic heterocycles. The van der Waals surface area contributed by atoms with E-state index in [1.54, 1.807) is 12.0 Å². The van der Waals surface area contributed by atoms with Crippen molar-refractivity contribution in [3.8, 4) is 0 Å². The molecule has 1 rings (SSSR count). The summed E-state index contributed by atoms with van der Waals surface area (Å²) < 4.78 is 5.48. The zero-order valence-electron chi connectivity index (χ0n) is 9.22. The summed E-state index contributed by atoms with van der Waals surface area (Å²) >= 11 is 3.31. The molecule has 0 amide bonds. The maximum atomic E-state index is 9.58. The Kier molecular flexibility index (Phi) is 4.91. The molecule has 0 spiro atoms. The topological polar surface area (TPSA) is 84.5 Å². The van der Waals surface area contributed by atoms with Gasteiger partial charge in [-0.3, -0.25) is 0 Å². The number of rotatable bonds is 5. The second-order valence-corrected chi connectivity index (χ2v) is 4.18. The van der Waals surface area contributed by atoms with Crippen LogP contribution in [0.2, 0.25) is 0 Å². The highest BCUT2D eigenvalue weighted by atomic mass is 79.9. The SMILES string of the molecule is COCC(O)CN(C)c1ncnc(N)c1Br. The number of aliphatic hydroxyl groups is 1. The molecule has 0 bridgehead atoms. The Hall–Kier alpha value is -0.920. The Morgan fingerprint density at radius 1 is 1.62 bits per heavy atom. The fraction of sp³-hybridized carbons (Fsp3) is 0.556. The van der Waals surface area contributed by atoms with Crippen LogP contribution in [0, 0.1) is 0 Å². The van der Waals surface area contributed by atoms with Gasteiger partial charge >= 0.3 is 0 Å². The van der Waals surface area contributed by atoms with Gasteiger partial charge in [0.2, 0.25) is 0 Å². The van der Waals surface area contributed by atoms with Gasteiger partial charge in [0.25, 0.3) is 0 Å². The summed E-state index contributed by atoms with van der Waals surface area (Å²) in [6.07, 6.45) is 0.812. The molecular weight excluding hydrogens is 276 g/mol. The average molecular weight is 291 g/mol. The van der Waals surface area contributed by atoms with Crippen molar-refractivity contribution < 1.29 is 9.84 Å². The van der Waals surface area contributed by atoms with Gasteiger partial charge in [0, 0.05) is 20.7 Å². The van der Waals surface area contributed by atoms with Gasteiger partial charge in [0.1, 0.15) is 22.4 Å². The lowest BCUT2D eigenvalue weighted by atomic mass is 10.3. The Morgan fingerprint density at radius 3 is 2.94 bits per heavy atom. The van der Waals surface area contributed by atoms with E-state index in [4.69, 9.17) is 10.5 Å². The molecule has 0 fully saturated rings. The highest BCUT2D eigenvalue weighted by Crippen LogP contribution is 2.26. The third-order valence-electron chi connectivity index (χ3n) is 2.00. The monoisotopic (exact) mass is 290 g/mol. The molecule has 0 saturated heterocycles. The zero-order valence-corrected chi connectivity index (χ0v) is 10.8. The van der Waals surface area contributed by atoms with Crippen molar-refractivity contribution >= 4 is 27.6 Å². The van der Waals surface area contributed by atoms with Crippen LogP contribution in [0.15, 0.2) is 10.8 Å². The van der Waals surface area contributed by atoms with E-state index in [0.717, 1.165) is 0 Å². The highest BCUT2D eigenvalue weighted by Gasteiger charge is 2.14. The minimum absolute atomic E-state index is 0.280. The van der Waals surface area contributed by atoms with Gasteiger partial charge in [-0.05, 0) is 15.9 Å². The number of aromatic nitrogens is 2. The first-order chi connectivity index (χ1) is 7.56. The van der Waals surface area contributed by atoms with Crippen molar-refractivity contribution in [2.45, 2.75) is 6.10 Å². The predicted molar refractivity (Wildman–Crippen MR) is 65.3 cm³/mol. The number of anilines is 2. The number of nitrogen functional groups attached to an aromatic ring is 1. The number of likely N-dealkylation sites (N-methyl/N-ethyl adjacent to an activating group) is 1. The van der Waals surface area contributed by atoms with E-state index in [1.807, 2.05) is 7.05 Å². The predicted octanol–water partition coefficient (Wildman–Crippen LogP) is 0.265. The van der Waals surface area contributed by atoms with Crippen LogP contribution in [0.5, 0.6) is 0 Å². The zero-order chi connectivity index (χ0) is 12.1. The number of nitrogens with two attached hydrogens (primary N) is 1. The molecule has 0 saturated carbocycles. The van der Waals surface area contributed by atoms with Gasteiger partial charge < -0.3 is 20.5 Å². The molecule has 7 heteroatoms. The lowest BCUT2D eigenvalue weighted by Crippen LogP contribution is -2.32. The molecule has 1 unspecified atom stereocenters. The summed E-state index contributed by atoms with van der Waals surface area (Å²) in [6.45, 7) is 0.686. The van der Waals surface area contributed by atoms with Crippen molar-refractivity contribution in [1.82, 2.24) is 9.97 Å². The first-order valence-electron chi connectivity index (χ1n) is 4.70. The third kappa shape index (κ3) is 3.29. The lowest BCUT2D eigenvalue weighted by Gasteiger charge is -2.22. The number of hydrogen-bond acceptors (Lipinski definition) is 6. The summed E-state index contributed by atoms with van der Waals surface area (Å²) in [4.78, 5) is 9.71. The molecule has 16 heavy (non-hydrogen) atoms. The number of ether oxygens (including phenoxy) is 1. The van der Waals surface area contributed by atoms with Gasteiger partial charge in [0.05, 0.1) is 12.7 Å². The van der Waals surface area contributed by atoms with Crippen LogP contribution < -0.4 is 10.6 Å². The van der Waals surface area contributed by atoms with E-state index in [1.165, 1.54) is 6.33 Å². The largest absolute Gasteiger partial charge is 0.389 e. The number of nitrogens with zero attached hydrogens (tertiary/aromatic N) is 3. The van der Waals surface area contributed by atoms with Gasteiger partial charge in [-0.25, -0.2) is 9.97 Å². The fourth-order valence-electron chi connectivity index (χ4n) is 1.29. The van der Waals surface area contributed by atoms with Gasteiger partial charge in [-0.1, -0.05) is 0 Å². The molecule has 3 N–H and O–H groups in total. The van der Waals surface area contributed by atoms with Crippen molar-refractivity contribution in [2.75, 3.05) is 37.9 Å². The molecule has 0 aliphatic heterocycles. The first kappa shape index (κ1) is 13.1. The van der Waals surface area contributed by atoms with E-state index in [9.17, 15) is 5.11 Å². The Bertz CT molecular complexity index is 350. The number of hydrogen-bond donors (Lipinski definition) is 2. The first-order valence-corrected chi connectivity index (χ1v) is 5.49. The molecule has 0 aromatic carbocycles. The molecule has 1 atom stereocenters. The second-order valence-electron chi connectivity index (χ2n) is 3.39. The summed E-state index contributed by atoms with van der Waals surface area (Å²) in [6, 6.07) is 0. The van der Waals surface area contributed by atoms with E-state index in [2.05, 4.69) is 25.9 Å². The highest BCUT2D eigenvalue weighted by molar-refractivity contribution is 9.10. The van der Waals surface area contributed by atoms with Crippen LogP contribution in [-0.2, 0) is 4.74 Å². The summed E-state index contributed by atoms with van der Waals surface area (Å²) in [5.41, 5.74) is 5.64. The van der Waals surface area contributed by atoms with Gasteiger partial charge in [-0.2, -0.15) is 0 Å². The van der Waals surface area contributed by atoms with Crippen molar-refractivity contribution in [2.24, 2.45) is 0 Å². The molecule has 90 valence electrons. The maximum absolute atomic E-state index is 9.58. The van der Waals surface area contributed by atoms with E-state index in [-0.39, 0.29) is 6.61 Å². The minimum Gasteiger partial charge on any atom is -0.389 e. The minimum atomic E-state index is -0.571. The Morgan fingerprint density at radius 2 is 2.31 bits per heavy atom. The van der Waals surface area contributed by atoms with E-state index in [0.29, 0.717) is 22.7 Å². The van der Waals surface area contributed by atoms with Crippen molar-refractivity contribution in [3.63, 3.8) is 0 Å². The van der Waals surface area contributed by atoms with Crippen molar-refractivity contribution in [1.29, 1.82) is 0 Å². The van der Waals surface area contributed by atoms with Crippen molar-refractivity contribution in [3.05, 3.63) is 10.8 Å². The fourth-order valence-corrected chi connectivity index (χ4v) is 1.79. The normalized spacial score (nSPS) is 12.5. The maximum Gasteiger partial charge on any atom is 0.148 e. The smallest absolute Gasteiger partial charge is 0.148 e. The number of methoxy groups -OCH3 is 1. The Labute approximate surface area is 103 Å². The molecule has 1 aromatic rings. The summed E-state index contributed by atoms with van der Waals surface area (Å²) in [7, 11) is 3.35. The van der Waals surface area contributed by atoms with Crippen LogP contribution in [0.1, 0.15) is 0 Å². The summed E-state index contributed by atoms with van der Waals surface area (Å²) in [5.74, 6) is 1.01. The lowest BCUT2D eigenvalue weighted by molar-refractivity contribution is 0.0694. The third-order valence-corrected chi connectivity index (χ3v) is 2.76. The van der Waals surface area contributed by atoms with Crippen LogP contribution >= 0.6 is 15.9 Å². The molecular formula is C9H15BrN4O2. The molecule has 0 aliphatic rings. The van der Waals surface area contributed by atoms with E-state index < -0.39 is 6.10 Å². The van der Waals surface area contributed by atoms with Gasteiger partial charge in [-0.15, -0.1) is 0 Å². The average Bonchev–Trinajstić information content (AvgIpc) is 2.22. The molecule has 0 aliphatic carbocycles. The quantitative estimate of drug-likeness (QED) is 0.810. The Balaban J connectivity index is 2.72. The summed E-state index contributed by atoms with van der Waals surface area (Å²) in [5, 5.41) is 9.58. The second kappa shape index (κ2) is 5.97. The van der Waals surface area contributed by atoms with Crippen LogP contribution in [0.4, 0.5) is 11.6 Å².